The Bertz CT molecular complexity index is 465. The number of amides is 1. The van der Waals surface area contributed by atoms with Crippen LogP contribution in [-0.2, 0) is 9.59 Å². The van der Waals surface area contributed by atoms with Crippen molar-refractivity contribution >= 4 is 11.9 Å². The zero-order valence-electron chi connectivity index (χ0n) is 12.0. The molecule has 1 amide bonds. The third-order valence-corrected chi connectivity index (χ3v) is 2.96. The van der Waals surface area contributed by atoms with Crippen molar-refractivity contribution < 1.29 is 14.7 Å². The lowest BCUT2D eigenvalue weighted by atomic mass is 10.1. The Kier molecular flexibility index (Phi) is 4.69. The summed E-state index contributed by atoms with van der Waals surface area (Å²) in [4.78, 5) is 28.7. The number of aliphatic carboxylic acids is 1. The Morgan fingerprint density at radius 3 is 2.26 bits per heavy atom. The topological polar surface area (TPSA) is 75.4 Å². The summed E-state index contributed by atoms with van der Waals surface area (Å²) in [6, 6.07) is -1.13. The highest BCUT2D eigenvalue weighted by molar-refractivity contribution is 5.83. The number of aromatic nitrogens is 2. The number of carbonyl (C=O) groups excluding carboxylic acids is 1. The maximum absolute atomic E-state index is 11.7. The number of carboxylic acids is 1. The van der Waals surface area contributed by atoms with Gasteiger partial charge in [-0.25, -0.2) is 9.78 Å². The predicted molar refractivity (Wildman–Crippen MR) is 70.6 cm³/mol. The summed E-state index contributed by atoms with van der Waals surface area (Å²) in [7, 11) is 0. The standard InChI is InChI=1S/C13H21N3O3/c1-8(2)15-7-14-6-11(15)12(13(18)19)16(9(3)4)10(5)17/h6-9,12H,1-5H3,(H,18,19). The van der Waals surface area contributed by atoms with E-state index in [0.29, 0.717) is 5.69 Å². The van der Waals surface area contributed by atoms with Crippen LogP contribution in [-0.4, -0.2) is 37.5 Å². The van der Waals surface area contributed by atoms with Crippen LogP contribution in [0.25, 0.3) is 0 Å². The van der Waals surface area contributed by atoms with Crippen molar-refractivity contribution in [3.63, 3.8) is 0 Å². The molecule has 1 atom stereocenters. The van der Waals surface area contributed by atoms with E-state index in [1.807, 2.05) is 13.8 Å². The minimum Gasteiger partial charge on any atom is -0.479 e. The van der Waals surface area contributed by atoms with Gasteiger partial charge in [0, 0.05) is 19.0 Å². The molecule has 0 bridgehead atoms. The van der Waals surface area contributed by atoms with Crippen LogP contribution in [0.4, 0.5) is 0 Å². The number of nitrogens with zero attached hydrogens (tertiary/aromatic N) is 3. The molecule has 0 aliphatic carbocycles. The van der Waals surface area contributed by atoms with Crippen LogP contribution in [0.3, 0.4) is 0 Å². The van der Waals surface area contributed by atoms with E-state index in [1.54, 1.807) is 24.7 Å². The number of carbonyl (C=O) groups is 2. The first-order chi connectivity index (χ1) is 8.77. The molecule has 1 heterocycles. The Hall–Kier alpha value is -1.85. The van der Waals surface area contributed by atoms with Gasteiger partial charge < -0.3 is 14.6 Å². The molecule has 1 N–H and O–H groups in total. The van der Waals surface area contributed by atoms with Gasteiger partial charge in [-0.3, -0.25) is 4.79 Å². The largest absolute Gasteiger partial charge is 0.479 e. The van der Waals surface area contributed by atoms with Crippen LogP contribution in [0.5, 0.6) is 0 Å². The summed E-state index contributed by atoms with van der Waals surface area (Å²) >= 11 is 0. The van der Waals surface area contributed by atoms with Gasteiger partial charge in [0.2, 0.25) is 5.91 Å². The van der Waals surface area contributed by atoms with E-state index < -0.39 is 12.0 Å². The van der Waals surface area contributed by atoms with E-state index in [2.05, 4.69) is 4.98 Å². The van der Waals surface area contributed by atoms with Crippen molar-refractivity contribution in [2.75, 3.05) is 0 Å². The highest BCUT2D eigenvalue weighted by Gasteiger charge is 2.34. The Balaban J connectivity index is 3.31. The predicted octanol–water partition coefficient (Wildman–Crippen LogP) is 1.85. The molecule has 19 heavy (non-hydrogen) atoms. The van der Waals surface area contributed by atoms with E-state index in [-0.39, 0.29) is 18.0 Å². The molecule has 0 radical (unpaired) electrons. The maximum Gasteiger partial charge on any atom is 0.332 e. The van der Waals surface area contributed by atoms with Gasteiger partial charge in [-0.1, -0.05) is 0 Å². The molecule has 6 heteroatoms. The molecule has 0 aliphatic rings. The average Bonchev–Trinajstić information content (AvgIpc) is 2.72. The van der Waals surface area contributed by atoms with Gasteiger partial charge in [0.05, 0.1) is 18.2 Å². The first kappa shape index (κ1) is 15.2. The molecule has 0 aromatic carbocycles. The summed E-state index contributed by atoms with van der Waals surface area (Å²) in [5.41, 5.74) is 0.520. The quantitative estimate of drug-likeness (QED) is 0.883. The molecule has 106 valence electrons. The van der Waals surface area contributed by atoms with Crippen LogP contribution < -0.4 is 0 Å². The summed E-state index contributed by atoms with van der Waals surface area (Å²) in [6.45, 7) is 8.86. The maximum atomic E-state index is 11.7. The van der Waals surface area contributed by atoms with Crippen molar-refractivity contribution in [3.8, 4) is 0 Å². The van der Waals surface area contributed by atoms with Crippen molar-refractivity contribution in [2.45, 2.75) is 52.7 Å². The average molecular weight is 267 g/mol. The number of imidazole rings is 1. The van der Waals surface area contributed by atoms with Crippen LogP contribution in [0.2, 0.25) is 0 Å². The Labute approximate surface area is 113 Å². The summed E-state index contributed by atoms with van der Waals surface area (Å²) < 4.78 is 1.77. The summed E-state index contributed by atoms with van der Waals surface area (Å²) in [5.74, 6) is -1.31. The third kappa shape index (κ3) is 3.13. The van der Waals surface area contributed by atoms with Crippen LogP contribution >= 0.6 is 0 Å². The molecule has 1 aromatic heterocycles. The minimum absolute atomic E-state index is 0.0836. The second-order valence-corrected chi connectivity index (χ2v) is 5.08. The fourth-order valence-electron chi connectivity index (χ4n) is 2.19. The van der Waals surface area contributed by atoms with Crippen molar-refractivity contribution in [3.05, 3.63) is 18.2 Å². The normalized spacial score (nSPS) is 12.8. The summed E-state index contributed by atoms with van der Waals surface area (Å²) in [6.07, 6.45) is 3.10. The number of rotatable bonds is 5. The minimum atomic E-state index is -1.05. The Morgan fingerprint density at radius 1 is 1.32 bits per heavy atom. The molecule has 1 aromatic rings. The first-order valence-electron chi connectivity index (χ1n) is 6.30. The van der Waals surface area contributed by atoms with Crippen molar-refractivity contribution in [1.29, 1.82) is 0 Å². The van der Waals surface area contributed by atoms with Crippen molar-refractivity contribution in [2.24, 2.45) is 0 Å². The monoisotopic (exact) mass is 267 g/mol. The zero-order chi connectivity index (χ0) is 14.7. The SMILES string of the molecule is CC(=O)N(C(C)C)C(C(=O)O)c1cncn1C(C)C. The van der Waals surface area contributed by atoms with Crippen molar-refractivity contribution in [1.82, 2.24) is 14.5 Å². The van der Waals surface area contributed by atoms with Gasteiger partial charge in [0.25, 0.3) is 0 Å². The second kappa shape index (κ2) is 5.86. The van der Waals surface area contributed by atoms with E-state index in [0.717, 1.165) is 0 Å². The highest BCUT2D eigenvalue weighted by atomic mass is 16.4. The molecule has 1 rings (SSSR count). The van der Waals surface area contributed by atoms with Gasteiger partial charge in [0.15, 0.2) is 6.04 Å². The first-order valence-corrected chi connectivity index (χ1v) is 6.30. The lowest BCUT2D eigenvalue weighted by Gasteiger charge is -2.32. The number of carboxylic acid groups (broad SMARTS) is 1. The van der Waals surface area contributed by atoms with Crippen LogP contribution in [0.1, 0.15) is 52.4 Å². The van der Waals surface area contributed by atoms with Crippen LogP contribution in [0, 0.1) is 0 Å². The van der Waals surface area contributed by atoms with Gasteiger partial charge in [-0.2, -0.15) is 0 Å². The van der Waals surface area contributed by atoms with E-state index in [9.17, 15) is 14.7 Å². The second-order valence-electron chi connectivity index (χ2n) is 5.08. The van der Waals surface area contributed by atoms with E-state index >= 15 is 0 Å². The summed E-state index contributed by atoms with van der Waals surface area (Å²) in [5, 5.41) is 9.48. The molecule has 0 spiro atoms. The lowest BCUT2D eigenvalue weighted by molar-refractivity contribution is -0.151. The van der Waals surface area contributed by atoms with Gasteiger partial charge in [-0.05, 0) is 27.7 Å². The fourth-order valence-corrected chi connectivity index (χ4v) is 2.19. The van der Waals surface area contributed by atoms with Gasteiger partial charge in [0.1, 0.15) is 0 Å². The smallest absolute Gasteiger partial charge is 0.332 e. The fraction of sp³-hybridized carbons (Fsp3) is 0.615. The lowest BCUT2D eigenvalue weighted by Crippen LogP contribution is -2.43. The van der Waals surface area contributed by atoms with E-state index in [1.165, 1.54) is 18.0 Å². The molecule has 1 unspecified atom stereocenters. The van der Waals surface area contributed by atoms with Crippen LogP contribution in [0.15, 0.2) is 12.5 Å². The Morgan fingerprint density at radius 2 is 1.89 bits per heavy atom. The number of hydrogen-bond acceptors (Lipinski definition) is 3. The molecular formula is C13H21N3O3. The highest BCUT2D eigenvalue weighted by Crippen LogP contribution is 2.25. The van der Waals surface area contributed by atoms with Gasteiger partial charge >= 0.3 is 5.97 Å². The van der Waals surface area contributed by atoms with Gasteiger partial charge in [-0.15, -0.1) is 0 Å². The molecule has 0 saturated heterocycles. The number of hydrogen-bond donors (Lipinski definition) is 1. The van der Waals surface area contributed by atoms with E-state index in [4.69, 9.17) is 0 Å². The molecule has 6 nitrogen and oxygen atoms in total. The molecule has 0 aliphatic heterocycles. The molecule has 0 saturated carbocycles. The third-order valence-electron chi connectivity index (χ3n) is 2.96. The zero-order valence-corrected chi connectivity index (χ0v) is 12.0. The molecule has 0 fully saturated rings. The molecular weight excluding hydrogens is 246 g/mol.